The van der Waals surface area contributed by atoms with Crippen LogP contribution in [0.2, 0.25) is 0 Å². The summed E-state index contributed by atoms with van der Waals surface area (Å²) < 4.78 is 0. The van der Waals surface area contributed by atoms with Gasteiger partial charge in [0.05, 0.1) is 18.7 Å². The van der Waals surface area contributed by atoms with E-state index in [1.165, 1.54) is 25.6 Å². The van der Waals surface area contributed by atoms with Crippen LogP contribution in [-0.2, 0) is 24.0 Å². The minimum atomic E-state index is -0.805. The lowest BCUT2D eigenvalue weighted by atomic mass is 10.4. The Bertz CT molecular complexity index is 410. The van der Waals surface area contributed by atoms with Crippen molar-refractivity contribution in [3.63, 3.8) is 0 Å². The van der Waals surface area contributed by atoms with Crippen LogP contribution in [0.1, 0.15) is 53.9 Å². The van der Waals surface area contributed by atoms with Crippen molar-refractivity contribution in [2.24, 2.45) is 0 Å². The van der Waals surface area contributed by atoms with E-state index in [1.807, 2.05) is 6.92 Å². The molecule has 0 heterocycles. The number of thioether (sulfide) groups is 1. The lowest BCUT2D eigenvalue weighted by molar-refractivity contribution is -0.137. The van der Waals surface area contributed by atoms with Crippen LogP contribution in [-0.4, -0.2) is 74.3 Å². The van der Waals surface area contributed by atoms with Crippen molar-refractivity contribution in [3.05, 3.63) is 0 Å². The Morgan fingerprint density at radius 2 is 1.27 bits per heavy atom. The van der Waals surface area contributed by atoms with Crippen molar-refractivity contribution in [1.82, 2.24) is 10.6 Å². The molecule has 0 radical (unpaired) electrons. The molecule has 0 fully saturated rings. The third-order valence-corrected chi connectivity index (χ3v) is 3.07. The summed E-state index contributed by atoms with van der Waals surface area (Å²) in [6.07, 6.45) is 1.32. The monoisotopic (exact) mass is 476 g/mol. The Morgan fingerprint density at radius 3 is 1.43 bits per heavy atom. The van der Waals surface area contributed by atoms with Gasteiger partial charge in [-0.15, -0.1) is 11.8 Å². The zero-order chi connectivity index (χ0) is 23.7. The van der Waals surface area contributed by atoms with Gasteiger partial charge in [0.15, 0.2) is 0 Å². The molecule has 0 rings (SSSR count). The number of nitrogens with one attached hydrogen (secondary N) is 2. The number of hydrogen-bond acceptors (Lipinski definition) is 8. The predicted octanol–water partition coefficient (Wildman–Crippen LogP) is 1.26. The van der Waals surface area contributed by atoms with E-state index in [0.717, 1.165) is 6.42 Å². The smallest absolute Gasteiger partial charge is 0.304 e. The third kappa shape index (κ3) is 72.2. The summed E-state index contributed by atoms with van der Waals surface area (Å²) in [4.78, 5) is 49.2. The number of aliphatic hydroxyl groups excluding tert-OH is 1. The van der Waals surface area contributed by atoms with Gasteiger partial charge in [0, 0.05) is 31.8 Å². The minimum absolute atomic E-state index is 0. The Kier molecular flexibility index (Phi) is 40.8. The lowest BCUT2D eigenvalue weighted by Gasteiger charge is -1.99. The molecule has 0 aliphatic rings. The van der Waals surface area contributed by atoms with Crippen LogP contribution < -0.4 is 10.6 Å². The van der Waals surface area contributed by atoms with Gasteiger partial charge in [-0.3, -0.25) is 24.0 Å². The fourth-order valence-electron chi connectivity index (χ4n) is 0.805. The van der Waals surface area contributed by atoms with Gasteiger partial charge in [-0.1, -0.05) is 14.4 Å². The van der Waals surface area contributed by atoms with Gasteiger partial charge in [-0.2, -0.15) is 12.6 Å². The van der Waals surface area contributed by atoms with Gasteiger partial charge in [0.1, 0.15) is 6.73 Å². The average molecular weight is 477 g/mol. The fraction of sp³-hybridized carbons (Fsp3) is 0.706. The molecule has 13 heteroatoms. The Labute approximate surface area is 187 Å². The number of carboxylic acids is 3. The Balaban J connectivity index is -0.0000000959. The van der Waals surface area contributed by atoms with Gasteiger partial charge >= 0.3 is 17.9 Å². The normalized spacial score (nSPS) is 8.17. The first-order valence-corrected chi connectivity index (χ1v) is 10.2. The second-order valence-corrected chi connectivity index (χ2v) is 6.38. The number of amides is 2. The molecule has 0 aromatic heterocycles. The molecule has 0 spiro atoms. The maximum absolute atomic E-state index is 10.3. The lowest BCUT2D eigenvalue weighted by Crippen LogP contribution is -2.19. The van der Waals surface area contributed by atoms with E-state index in [9.17, 15) is 24.0 Å². The van der Waals surface area contributed by atoms with Gasteiger partial charge < -0.3 is 31.1 Å². The minimum Gasteiger partial charge on any atom is -0.481 e. The van der Waals surface area contributed by atoms with Gasteiger partial charge in [0.25, 0.3) is 0 Å². The molecule has 0 bridgehead atoms. The zero-order valence-electron chi connectivity index (χ0n) is 16.8. The highest BCUT2D eigenvalue weighted by molar-refractivity contribution is 7.99. The second-order valence-electron chi connectivity index (χ2n) is 4.83. The van der Waals surface area contributed by atoms with E-state index in [0.29, 0.717) is 23.8 Å². The van der Waals surface area contributed by atoms with Crippen molar-refractivity contribution in [2.45, 2.75) is 53.9 Å². The summed E-state index contributed by atoms with van der Waals surface area (Å²) in [7, 11) is 0. The summed E-state index contributed by atoms with van der Waals surface area (Å²) in [6.45, 7) is 4.34. The van der Waals surface area contributed by atoms with Crippen molar-refractivity contribution < 1.29 is 44.4 Å². The fourth-order valence-corrected chi connectivity index (χ4v) is 1.77. The van der Waals surface area contributed by atoms with Crippen molar-refractivity contribution >= 4 is 54.1 Å². The summed E-state index contributed by atoms with van der Waals surface area (Å²) in [5.41, 5.74) is 0. The summed E-state index contributed by atoms with van der Waals surface area (Å²) in [6, 6.07) is 0. The average Bonchev–Trinajstić information content (AvgIpc) is 2.55. The van der Waals surface area contributed by atoms with E-state index >= 15 is 0 Å². The van der Waals surface area contributed by atoms with Crippen LogP contribution in [0, 0.1) is 0 Å². The van der Waals surface area contributed by atoms with Crippen molar-refractivity contribution in [3.8, 4) is 0 Å². The summed E-state index contributed by atoms with van der Waals surface area (Å²) in [5, 5.41) is 36.6. The van der Waals surface area contributed by atoms with Gasteiger partial charge in [-0.05, 0) is 6.42 Å². The molecule has 0 aromatic rings. The van der Waals surface area contributed by atoms with E-state index in [2.05, 4.69) is 23.3 Å². The molecule has 180 valence electrons. The van der Waals surface area contributed by atoms with Crippen LogP contribution in [0.3, 0.4) is 0 Å². The molecule has 0 atom stereocenters. The Hall–Kier alpha value is -1.99. The molecule has 0 saturated heterocycles. The molecule has 0 aliphatic carbocycles. The first-order valence-electron chi connectivity index (χ1n) is 8.38. The number of thiol groups is 1. The standard InChI is InChI=1S/C6H11NO3S.C4H8O2.C3H7NO2.C3H6O2S.CH4/c1-5(8)7-4-11-3-2-6(9)10;1-2-3-4(5)6;1-3(6)4-2-5;4-3(5)1-2-6;/h2-4H2,1H3,(H,7,8)(H,9,10);2-3H2,1H3,(H,5,6);5H,2H2,1H3,(H,4,6);6H,1-2H2,(H,4,5);1H4. The molecule has 6 N–H and O–H groups in total. The Morgan fingerprint density at radius 1 is 0.833 bits per heavy atom. The highest BCUT2D eigenvalue weighted by atomic mass is 32.2. The van der Waals surface area contributed by atoms with E-state index in [4.69, 9.17) is 20.4 Å². The molecule has 0 aliphatic heterocycles. The first kappa shape index (κ1) is 38.6. The summed E-state index contributed by atoms with van der Waals surface area (Å²) in [5.74, 6) is -1.15. The van der Waals surface area contributed by atoms with Crippen LogP contribution in [0.15, 0.2) is 0 Å². The number of aliphatic carboxylic acids is 3. The zero-order valence-corrected chi connectivity index (χ0v) is 18.6. The number of rotatable bonds is 10. The predicted molar refractivity (Wildman–Crippen MR) is 120 cm³/mol. The third-order valence-electron chi connectivity index (χ3n) is 2.00. The van der Waals surface area contributed by atoms with Gasteiger partial charge in [-0.25, -0.2) is 0 Å². The molecule has 0 unspecified atom stereocenters. The summed E-state index contributed by atoms with van der Waals surface area (Å²) >= 11 is 5.08. The SMILES string of the molecule is C.CC(=O)NCO.CC(=O)NCSCCC(=O)O.CCCC(=O)O.O=C(O)CCS. The largest absolute Gasteiger partial charge is 0.481 e. The van der Waals surface area contributed by atoms with Crippen LogP contribution in [0.4, 0.5) is 0 Å². The maximum atomic E-state index is 10.3. The molecule has 30 heavy (non-hydrogen) atoms. The topological polar surface area (TPSA) is 190 Å². The molecule has 0 aromatic carbocycles. The highest BCUT2D eigenvalue weighted by Gasteiger charge is 1.96. The van der Waals surface area contributed by atoms with E-state index < -0.39 is 17.9 Å². The number of carbonyl (C=O) groups excluding carboxylic acids is 2. The number of carbonyl (C=O) groups is 5. The molecular weight excluding hydrogens is 440 g/mol. The van der Waals surface area contributed by atoms with Crippen molar-refractivity contribution in [2.75, 3.05) is 24.1 Å². The van der Waals surface area contributed by atoms with Crippen LogP contribution >= 0.6 is 24.4 Å². The molecule has 2 amide bonds. The van der Waals surface area contributed by atoms with Crippen LogP contribution in [0.5, 0.6) is 0 Å². The number of aliphatic hydroxyl groups is 1. The van der Waals surface area contributed by atoms with Gasteiger partial charge in [0.2, 0.25) is 11.8 Å². The maximum Gasteiger partial charge on any atom is 0.304 e. The molecule has 11 nitrogen and oxygen atoms in total. The van der Waals surface area contributed by atoms with Crippen molar-refractivity contribution in [1.29, 1.82) is 0 Å². The second kappa shape index (κ2) is 31.7. The number of hydrogen-bond donors (Lipinski definition) is 7. The quantitative estimate of drug-likeness (QED) is 0.137. The van der Waals surface area contributed by atoms with E-state index in [-0.39, 0.29) is 38.8 Å². The van der Waals surface area contributed by atoms with Crippen LogP contribution in [0.25, 0.3) is 0 Å². The first-order chi connectivity index (χ1) is 13.4. The highest BCUT2D eigenvalue weighted by Crippen LogP contribution is 1.98. The number of carboxylic acid groups (broad SMARTS) is 3. The van der Waals surface area contributed by atoms with E-state index in [1.54, 1.807) is 0 Å². The molecular formula is C17H36N2O9S2. The molecule has 0 saturated carbocycles.